The Labute approximate surface area is 192 Å². The fourth-order valence-electron chi connectivity index (χ4n) is 3.01. The molecule has 9 heteroatoms. The van der Waals surface area contributed by atoms with E-state index in [1.165, 1.54) is 29.5 Å². The Kier molecular flexibility index (Phi) is 6.48. The molecule has 0 unspecified atom stereocenters. The van der Waals surface area contributed by atoms with E-state index in [0.29, 0.717) is 22.1 Å². The van der Waals surface area contributed by atoms with Gasteiger partial charge in [0.25, 0.3) is 5.56 Å². The quantitative estimate of drug-likeness (QED) is 0.307. The highest BCUT2D eigenvalue weighted by Crippen LogP contribution is 2.34. The highest BCUT2D eigenvalue weighted by Gasteiger charge is 2.15. The number of benzene rings is 2. The van der Waals surface area contributed by atoms with Gasteiger partial charge in [-0.1, -0.05) is 42.1 Å². The van der Waals surface area contributed by atoms with Gasteiger partial charge in [0.2, 0.25) is 5.91 Å². The van der Waals surface area contributed by atoms with Crippen molar-refractivity contribution in [3.05, 3.63) is 82.0 Å². The lowest BCUT2D eigenvalue weighted by molar-refractivity contribution is -0.113. The number of nitrogens with one attached hydrogen (secondary N) is 2. The van der Waals surface area contributed by atoms with Gasteiger partial charge in [-0.2, -0.15) is 0 Å². The van der Waals surface area contributed by atoms with Crippen LogP contribution in [0.5, 0.6) is 0 Å². The second kappa shape index (κ2) is 9.46. The first-order valence-electron chi connectivity index (χ1n) is 9.72. The Bertz CT molecular complexity index is 1340. The van der Waals surface area contributed by atoms with Crippen molar-refractivity contribution in [3.8, 4) is 21.1 Å². The van der Waals surface area contributed by atoms with Gasteiger partial charge in [0.15, 0.2) is 5.16 Å². The van der Waals surface area contributed by atoms with E-state index < -0.39 is 0 Å². The van der Waals surface area contributed by atoms with Crippen LogP contribution in [0.3, 0.4) is 0 Å². The van der Waals surface area contributed by atoms with Crippen molar-refractivity contribution in [2.75, 3.05) is 11.1 Å². The molecule has 0 radical (unpaired) electrons. The minimum atomic E-state index is -0.329. The number of aryl methyl sites for hydroxylation is 2. The summed E-state index contributed by atoms with van der Waals surface area (Å²) in [6, 6.07) is 15.6. The van der Waals surface area contributed by atoms with E-state index in [-0.39, 0.29) is 23.0 Å². The van der Waals surface area contributed by atoms with Gasteiger partial charge in [-0.05, 0) is 37.6 Å². The number of rotatable bonds is 6. The molecule has 162 valence electrons. The number of amides is 1. The number of halogens is 1. The molecule has 2 aromatic carbocycles. The Morgan fingerprint density at radius 1 is 1.12 bits per heavy atom. The molecule has 0 aliphatic carbocycles. The molecule has 0 fully saturated rings. The van der Waals surface area contributed by atoms with Crippen LogP contribution in [0.1, 0.15) is 11.3 Å². The fraction of sp³-hybridized carbons (Fsp3) is 0.130. The fourth-order valence-corrected chi connectivity index (χ4v) is 4.72. The number of hydrogen-bond donors (Lipinski definition) is 2. The van der Waals surface area contributed by atoms with E-state index in [9.17, 15) is 14.0 Å². The molecule has 0 atom stereocenters. The topological polar surface area (TPSA) is 87.7 Å². The Morgan fingerprint density at radius 3 is 2.66 bits per heavy atom. The largest absolute Gasteiger partial charge is 0.325 e. The molecule has 2 aromatic heterocycles. The molecule has 0 saturated heterocycles. The van der Waals surface area contributed by atoms with Gasteiger partial charge in [-0.25, -0.2) is 14.4 Å². The summed E-state index contributed by atoms with van der Waals surface area (Å²) in [6.45, 7) is 3.51. The van der Waals surface area contributed by atoms with Crippen LogP contribution in [0.4, 0.5) is 10.1 Å². The molecule has 32 heavy (non-hydrogen) atoms. The van der Waals surface area contributed by atoms with Gasteiger partial charge in [0.1, 0.15) is 10.8 Å². The molecule has 0 saturated carbocycles. The second-order valence-electron chi connectivity index (χ2n) is 7.04. The first-order valence-corrected chi connectivity index (χ1v) is 11.5. The van der Waals surface area contributed by atoms with E-state index >= 15 is 0 Å². The summed E-state index contributed by atoms with van der Waals surface area (Å²) < 4.78 is 13.4. The molecule has 4 rings (SSSR count). The molecule has 0 aliphatic heterocycles. The first-order chi connectivity index (χ1) is 15.4. The zero-order chi connectivity index (χ0) is 22.7. The van der Waals surface area contributed by atoms with Gasteiger partial charge in [-0.3, -0.25) is 9.59 Å². The number of aromatic nitrogens is 3. The van der Waals surface area contributed by atoms with Crippen molar-refractivity contribution < 1.29 is 9.18 Å². The highest BCUT2D eigenvalue weighted by molar-refractivity contribution is 7.99. The van der Waals surface area contributed by atoms with E-state index in [0.717, 1.165) is 32.9 Å². The summed E-state index contributed by atoms with van der Waals surface area (Å²) in [4.78, 5) is 37.1. The third kappa shape index (κ3) is 5.12. The minimum absolute atomic E-state index is 0.0414. The molecular formula is C23H19FN4O2S2. The maximum absolute atomic E-state index is 13.4. The lowest BCUT2D eigenvalue weighted by Crippen LogP contribution is -2.15. The van der Waals surface area contributed by atoms with Crippen molar-refractivity contribution in [1.29, 1.82) is 0 Å². The molecule has 6 nitrogen and oxygen atoms in total. The van der Waals surface area contributed by atoms with E-state index in [2.05, 4.69) is 20.3 Å². The number of carbonyl (C=O) groups is 1. The Hall–Kier alpha value is -3.30. The average molecular weight is 467 g/mol. The number of thiazole rings is 1. The number of thioether (sulfide) groups is 1. The number of anilines is 1. The normalized spacial score (nSPS) is 10.8. The van der Waals surface area contributed by atoms with Crippen LogP contribution in [0.15, 0.2) is 64.5 Å². The third-order valence-electron chi connectivity index (χ3n) is 4.55. The zero-order valence-corrected chi connectivity index (χ0v) is 18.9. The summed E-state index contributed by atoms with van der Waals surface area (Å²) in [6.07, 6.45) is 0. The number of nitrogens with zero attached hydrogens (tertiary/aromatic N) is 2. The minimum Gasteiger partial charge on any atom is -0.325 e. The number of aromatic amines is 1. The van der Waals surface area contributed by atoms with Gasteiger partial charge < -0.3 is 10.3 Å². The average Bonchev–Trinajstić information content (AvgIpc) is 3.17. The summed E-state index contributed by atoms with van der Waals surface area (Å²) in [5, 5.41) is 3.91. The highest BCUT2D eigenvalue weighted by atomic mass is 32.2. The number of H-pyrrole nitrogens is 1. The van der Waals surface area contributed by atoms with Gasteiger partial charge in [0, 0.05) is 17.3 Å². The van der Waals surface area contributed by atoms with E-state index in [1.807, 2.05) is 37.3 Å². The van der Waals surface area contributed by atoms with Crippen LogP contribution in [-0.4, -0.2) is 26.6 Å². The van der Waals surface area contributed by atoms with Crippen LogP contribution >= 0.6 is 23.1 Å². The molecule has 2 heterocycles. The lowest BCUT2D eigenvalue weighted by atomic mass is 10.2. The molecule has 2 N–H and O–H groups in total. The molecule has 4 aromatic rings. The van der Waals surface area contributed by atoms with Gasteiger partial charge in [-0.15, -0.1) is 11.3 Å². The van der Waals surface area contributed by atoms with Crippen LogP contribution in [0, 0.1) is 19.7 Å². The predicted molar refractivity (Wildman–Crippen MR) is 127 cm³/mol. The summed E-state index contributed by atoms with van der Waals surface area (Å²) in [5.74, 6) is -0.570. The van der Waals surface area contributed by atoms with E-state index in [4.69, 9.17) is 0 Å². The Morgan fingerprint density at radius 2 is 1.91 bits per heavy atom. The van der Waals surface area contributed by atoms with Crippen LogP contribution < -0.4 is 10.9 Å². The molecule has 0 bridgehead atoms. The first kappa shape index (κ1) is 21.9. The molecular weight excluding hydrogens is 447 g/mol. The lowest BCUT2D eigenvalue weighted by Gasteiger charge is -2.07. The number of hydrogen-bond acceptors (Lipinski definition) is 6. The standard InChI is InChI=1S/C23H19FN4O2S2/c1-13-10-16(8-9-17(13)24)26-20(30)12-31-23-27-18(11-19(29)28-23)21-14(2)25-22(32-21)15-6-4-3-5-7-15/h3-11H,12H2,1-2H3,(H,26,30)(H,27,28,29). The zero-order valence-electron chi connectivity index (χ0n) is 17.3. The van der Waals surface area contributed by atoms with Crippen LogP contribution in [0.25, 0.3) is 21.1 Å². The van der Waals surface area contributed by atoms with Crippen molar-refractivity contribution in [3.63, 3.8) is 0 Å². The summed E-state index contributed by atoms with van der Waals surface area (Å²) in [7, 11) is 0. The molecule has 1 amide bonds. The molecule has 0 aliphatic rings. The monoisotopic (exact) mass is 466 g/mol. The Balaban J connectivity index is 1.50. The van der Waals surface area contributed by atoms with Gasteiger partial charge >= 0.3 is 0 Å². The van der Waals surface area contributed by atoms with Crippen molar-refractivity contribution in [1.82, 2.24) is 15.0 Å². The SMILES string of the molecule is Cc1cc(NC(=O)CSc2nc(-c3sc(-c4ccccc4)nc3C)cc(=O)[nH]2)ccc1F. The van der Waals surface area contributed by atoms with E-state index in [1.54, 1.807) is 13.0 Å². The maximum Gasteiger partial charge on any atom is 0.252 e. The van der Waals surface area contributed by atoms with Crippen molar-refractivity contribution in [2.24, 2.45) is 0 Å². The number of carbonyl (C=O) groups excluding carboxylic acids is 1. The van der Waals surface area contributed by atoms with Crippen molar-refractivity contribution >= 4 is 34.7 Å². The summed E-state index contributed by atoms with van der Waals surface area (Å²) >= 11 is 2.58. The van der Waals surface area contributed by atoms with Gasteiger partial charge in [0.05, 0.1) is 22.0 Å². The van der Waals surface area contributed by atoms with Crippen molar-refractivity contribution in [2.45, 2.75) is 19.0 Å². The summed E-state index contributed by atoms with van der Waals surface area (Å²) in [5.41, 5.74) is 2.96. The molecule has 0 spiro atoms. The third-order valence-corrected chi connectivity index (χ3v) is 6.65. The smallest absolute Gasteiger partial charge is 0.252 e. The maximum atomic E-state index is 13.4. The van der Waals surface area contributed by atoms with Crippen LogP contribution in [-0.2, 0) is 4.79 Å². The second-order valence-corrected chi connectivity index (χ2v) is 9.00. The van der Waals surface area contributed by atoms with Crippen LogP contribution in [0.2, 0.25) is 0 Å². The predicted octanol–water partition coefficient (Wildman–Crippen LogP) is 5.05.